The lowest BCUT2D eigenvalue weighted by atomic mass is 10.3. The van der Waals surface area contributed by atoms with Crippen molar-refractivity contribution in [3.63, 3.8) is 0 Å². The van der Waals surface area contributed by atoms with Gasteiger partial charge in [-0.05, 0) is 20.3 Å². The summed E-state index contributed by atoms with van der Waals surface area (Å²) in [6.45, 7) is 7.30. The summed E-state index contributed by atoms with van der Waals surface area (Å²) in [5, 5.41) is 3.19. The van der Waals surface area contributed by atoms with E-state index >= 15 is 0 Å². The first-order chi connectivity index (χ1) is 7.76. The first-order valence-corrected chi connectivity index (χ1v) is 5.86. The van der Waals surface area contributed by atoms with Crippen molar-refractivity contribution in [2.45, 2.75) is 26.8 Å². The fraction of sp³-hybridized carbons (Fsp3) is 0.636. The quantitative estimate of drug-likeness (QED) is 0.835. The third-order valence-electron chi connectivity index (χ3n) is 2.91. The highest BCUT2D eigenvalue weighted by Gasteiger charge is 2.19. The maximum absolute atomic E-state index is 12.0. The van der Waals surface area contributed by atoms with Gasteiger partial charge in [0.25, 0.3) is 5.91 Å². The normalized spacial score (nSPS) is 14.1. The number of carbonyl (C=O) groups is 1. The summed E-state index contributed by atoms with van der Waals surface area (Å²) in [4.78, 5) is 18.2. The first kappa shape index (κ1) is 11.0. The predicted octanol–water partition coefficient (Wildman–Crippen LogP) is 1.18. The SMILES string of the molecule is CCN(CC)C(=O)c1cn2c(n1)NCCC2. The fourth-order valence-corrected chi connectivity index (χ4v) is 1.95. The molecule has 1 N–H and O–H groups in total. The monoisotopic (exact) mass is 222 g/mol. The Balaban J connectivity index is 2.20. The first-order valence-electron chi connectivity index (χ1n) is 5.86. The Kier molecular flexibility index (Phi) is 3.12. The Morgan fingerprint density at radius 1 is 1.56 bits per heavy atom. The smallest absolute Gasteiger partial charge is 0.274 e. The second-order valence-electron chi connectivity index (χ2n) is 3.90. The fourth-order valence-electron chi connectivity index (χ4n) is 1.95. The molecule has 16 heavy (non-hydrogen) atoms. The van der Waals surface area contributed by atoms with Gasteiger partial charge in [0.15, 0.2) is 0 Å². The van der Waals surface area contributed by atoms with Gasteiger partial charge in [-0.15, -0.1) is 0 Å². The van der Waals surface area contributed by atoms with Crippen LogP contribution in [0.25, 0.3) is 0 Å². The van der Waals surface area contributed by atoms with Crippen molar-refractivity contribution in [3.05, 3.63) is 11.9 Å². The molecule has 0 aliphatic carbocycles. The van der Waals surface area contributed by atoms with Gasteiger partial charge in [0.05, 0.1) is 0 Å². The molecule has 1 aliphatic heterocycles. The molecule has 0 atom stereocenters. The van der Waals surface area contributed by atoms with Gasteiger partial charge in [-0.2, -0.15) is 0 Å². The number of hydrogen-bond acceptors (Lipinski definition) is 3. The summed E-state index contributed by atoms with van der Waals surface area (Å²) >= 11 is 0. The predicted molar refractivity (Wildman–Crippen MR) is 62.6 cm³/mol. The molecule has 0 fully saturated rings. The maximum Gasteiger partial charge on any atom is 0.274 e. The molecule has 88 valence electrons. The topological polar surface area (TPSA) is 50.2 Å². The molecule has 0 unspecified atom stereocenters. The van der Waals surface area contributed by atoms with Gasteiger partial charge in [-0.25, -0.2) is 4.98 Å². The van der Waals surface area contributed by atoms with E-state index in [1.165, 1.54) is 0 Å². The van der Waals surface area contributed by atoms with Crippen LogP contribution in [0, 0.1) is 0 Å². The van der Waals surface area contributed by atoms with Gasteiger partial charge in [0, 0.05) is 32.4 Å². The van der Waals surface area contributed by atoms with Gasteiger partial charge < -0.3 is 14.8 Å². The number of imidazole rings is 1. The van der Waals surface area contributed by atoms with Crippen LogP contribution in [0.2, 0.25) is 0 Å². The molecule has 1 aromatic heterocycles. The van der Waals surface area contributed by atoms with Crippen LogP contribution in [0.15, 0.2) is 6.20 Å². The summed E-state index contributed by atoms with van der Waals surface area (Å²) in [6.07, 6.45) is 2.93. The second-order valence-corrected chi connectivity index (χ2v) is 3.90. The average molecular weight is 222 g/mol. The van der Waals surface area contributed by atoms with Crippen LogP contribution in [-0.2, 0) is 6.54 Å². The van der Waals surface area contributed by atoms with Crippen LogP contribution in [-0.4, -0.2) is 40.0 Å². The standard InChI is InChI=1S/C11H18N4O/c1-3-14(4-2)10(16)9-8-15-7-5-6-12-11(15)13-9/h8H,3-7H2,1-2H3,(H,12,13). The zero-order valence-electron chi connectivity index (χ0n) is 9.86. The molecule has 0 radical (unpaired) electrons. The van der Waals surface area contributed by atoms with E-state index in [2.05, 4.69) is 10.3 Å². The number of fused-ring (bicyclic) bond motifs is 1. The van der Waals surface area contributed by atoms with Gasteiger partial charge in [0.1, 0.15) is 5.69 Å². The highest BCUT2D eigenvalue weighted by atomic mass is 16.2. The molecule has 0 saturated heterocycles. The zero-order valence-corrected chi connectivity index (χ0v) is 9.86. The molecule has 5 nitrogen and oxygen atoms in total. The van der Waals surface area contributed by atoms with E-state index in [4.69, 9.17) is 0 Å². The minimum Gasteiger partial charge on any atom is -0.356 e. The molecule has 0 bridgehead atoms. The molecule has 0 spiro atoms. The van der Waals surface area contributed by atoms with Gasteiger partial charge in [-0.3, -0.25) is 4.79 Å². The van der Waals surface area contributed by atoms with Crippen LogP contribution < -0.4 is 5.32 Å². The van der Waals surface area contributed by atoms with Crippen LogP contribution in [0.5, 0.6) is 0 Å². The number of aromatic nitrogens is 2. The van der Waals surface area contributed by atoms with Crippen LogP contribution in [0.4, 0.5) is 5.95 Å². The average Bonchev–Trinajstić information content (AvgIpc) is 2.74. The molecule has 0 saturated carbocycles. The lowest BCUT2D eigenvalue weighted by molar-refractivity contribution is 0.0767. The molecule has 0 aromatic carbocycles. The highest BCUT2D eigenvalue weighted by Crippen LogP contribution is 2.15. The van der Waals surface area contributed by atoms with E-state index in [1.807, 2.05) is 24.6 Å². The van der Waals surface area contributed by atoms with Crippen molar-refractivity contribution in [1.29, 1.82) is 0 Å². The molecule has 5 heteroatoms. The summed E-state index contributed by atoms with van der Waals surface area (Å²) in [6, 6.07) is 0. The number of amides is 1. The van der Waals surface area contributed by atoms with Crippen molar-refractivity contribution in [3.8, 4) is 0 Å². The number of anilines is 1. The number of nitrogens with one attached hydrogen (secondary N) is 1. The largest absolute Gasteiger partial charge is 0.356 e. The second kappa shape index (κ2) is 4.55. The molecule has 2 rings (SSSR count). The van der Waals surface area contributed by atoms with Gasteiger partial charge in [0.2, 0.25) is 5.95 Å². The third kappa shape index (κ3) is 1.89. The Morgan fingerprint density at radius 2 is 2.31 bits per heavy atom. The number of rotatable bonds is 3. The Hall–Kier alpha value is -1.52. The van der Waals surface area contributed by atoms with Crippen LogP contribution in [0.3, 0.4) is 0 Å². The van der Waals surface area contributed by atoms with Crippen molar-refractivity contribution in [2.24, 2.45) is 0 Å². The molecular formula is C11H18N4O. The molecule has 1 amide bonds. The summed E-state index contributed by atoms with van der Waals surface area (Å²) in [5.41, 5.74) is 0.549. The number of hydrogen-bond donors (Lipinski definition) is 1. The minimum atomic E-state index is 0.0219. The van der Waals surface area contributed by atoms with E-state index in [1.54, 1.807) is 4.90 Å². The number of aryl methyl sites for hydroxylation is 1. The summed E-state index contributed by atoms with van der Waals surface area (Å²) in [5.74, 6) is 0.843. The number of carbonyl (C=O) groups excluding carboxylic acids is 1. The maximum atomic E-state index is 12.0. The van der Waals surface area contributed by atoms with E-state index in [0.29, 0.717) is 5.69 Å². The van der Waals surface area contributed by atoms with Crippen LogP contribution >= 0.6 is 0 Å². The Morgan fingerprint density at radius 3 is 2.94 bits per heavy atom. The van der Waals surface area contributed by atoms with Gasteiger partial charge >= 0.3 is 0 Å². The molecule has 1 aromatic rings. The highest BCUT2D eigenvalue weighted by molar-refractivity contribution is 5.92. The third-order valence-corrected chi connectivity index (χ3v) is 2.91. The van der Waals surface area contributed by atoms with Crippen molar-refractivity contribution in [2.75, 3.05) is 25.0 Å². The molecule has 1 aliphatic rings. The molecular weight excluding hydrogens is 204 g/mol. The Bertz CT molecular complexity index is 358. The van der Waals surface area contributed by atoms with E-state index in [-0.39, 0.29) is 5.91 Å². The van der Waals surface area contributed by atoms with E-state index < -0.39 is 0 Å². The minimum absolute atomic E-state index is 0.0219. The van der Waals surface area contributed by atoms with Crippen LogP contribution in [0.1, 0.15) is 30.8 Å². The van der Waals surface area contributed by atoms with Crippen molar-refractivity contribution >= 4 is 11.9 Å². The lowest BCUT2D eigenvalue weighted by Gasteiger charge is -2.16. The molecule has 2 heterocycles. The van der Waals surface area contributed by atoms with Gasteiger partial charge in [-0.1, -0.05) is 0 Å². The number of nitrogens with zero attached hydrogens (tertiary/aromatic N) is 3. The zero-order chi connectivity index (χ0) is 11.5. The van der Waals surface area contributed by atoms with Crippen molar-refractivity contribution < 1.29 is 4.79 Å². The summed E-state index contributed by atoms with van der Waals surface area (Å²) < 4.78 is 2.01. The summed E-state index contributed by atoms with van der Waals surface area (Å²) in [7, 11) is 0. The van der Waals surface area contributed by atoms with Crippen molar-refractivity contribution in [1.82, 2.24) is 14.5 Å². The lowest BCUT2D eigenvalue weighted by Crippen LogP contribution is -2.30. The van der Waals surface area contributed by atoms with E-state index in [0.717, 1.165) is 38.5 Å². The van der Waals surface area contributed by atoms with E-state index in [9.17, 15) is 4.79 Å². The Labute approximate surface area is 95.5 Å².